The van der Waals surface area contributed by atoms with Crippen molar-refractivity contribution in [2.75, 3.05) is 0 Å². The van der Waals surface area contributed by atoms with Gasteiger partial charge in [0.1, 0.15) is 0 Å². The van der Waals surface area contributed by atoms with Crippen molar-refractivity contribution in [2.45, 2.75) is 40.0 Å². The van der Waals surface area contributed by atoms with E-state index in [-0.39, 0.29) is 0 Å². The molecule has 160 valence electrons. The monoisotopic (exact) mass is 432 g/mol. The molecule has 0 heterocycles. The van der Waals surface area contributed by atoms with E-state index in [9.17, 15) is 0 Å². The Morgan fingerprint density at radius 2 is 1.32 bits per heavy atom. The van der Waals surface area contributed by atoms with Gasteiger partial charge in [0, 0.05) is 5.92 Å². The molecule has 0 aromatic heterocycles. The molecular formula is C34H24. The van der Waals surface area contributed by atoms with Gasteiger partial charge in [0.15, 0.2) is 0 Å². The smallest absolute Gasteiger partial charge is 0.00689 e. The van der Waals surface area contributed by atoms with Crippen LogP contribution in [0, 0.1) is 27.7 Å². The molecule has 2 aliphatic carbocycles. The van der Waals surface area contributed by atoms with Gasteiger partial charge in [0.25, 0.3) is 0 Å². The summed E-state index contributed by atoms with van der Waals surface area (Å²) in [6, 6.07) is 14.5. The van der Waals surface area contributed by atoms with Crippen LogP contribution in [-0.2, 0) is 0 Å². The van der Waals surface area contributed by atoms with E-state index < -0.39 is 0 Å². The second kappa shape index (κ2) is 5.36. The van der Waals surface area contributed by atoms with Crippen molar-refractivity contribution in [1.82, 2.24) is 0 Å². The van der Waals surface area contributed by atoms with Crippen LogP contribution in [0.5, 0.6) is 0 Å². The molecule has 0 radical (unpaired) electrons. The third kappa shape index (κ3) is 1.71. The first-order valence-corrected chi connectivity index (χ1v) is 12.6. The number of fused-ring (bicyclic) bond motifs is 1. The first kappa shape index (κ1) is 17.8. The minimum Gasteiger partial charge on any atom is -0.0760 e. The van der Waals surface area contributed by atoms with Crippen LogP contribution in [0.3, 0.4) is 0 Å². The Bertz CT molecular complexity index is 2170. The zero-order chi connectivity index (χ0) is 22.6. The van der Waals surface area contributed by atoms with Crippen LogP contribution < -0.4 is 5.22 Å². The lowest BCUT2D eigenvalue weighted by molar-refractivity contribution is 0.899. The summed E-state index contributed by atoms with van der Waals surface area (Å²) < 4.78 is 0. The van der Waals surface area contributed by atoms with Crippen molar-refractivity contribution in [1.29, 1.82) is 0 Å². The summed E-state index contributed by atoms with van der Waals surface area (Å²) in [6.45, 7) is 9.23. The van der Waals surface area contributed by atoms with Gasteiger partial charge in [-0.3, -0.25) is 0 Å². The van der Waals surface area contributed by atoms with Crippen LogP contribution in [0.25, 0.3) is 76.8 Å². The molecule has 7 aromatic carbocycles. The van der Waals surface area contributed by atoms with Gasteiger partial charge in [0.05, 0.1) is 0 Å². The highest BCUT2D eigenvalue weighted by atomic mass is 14.3. The lowest BCUT2D eigenvalue weighted by atomic mass is 9.72. The highest BCUT2D eigenvalue weighted by molar-refractivity contribution is 6.45. The minimum atomic E-state index is 0.483. The Morgan fingerprint density at radius 1 is 0.588 bits per heavy atom. The molecule has 0 fully saturated rings. The molecule has 7 aromatic rings. The van der Waals surface area contributed by atoms with Crippen LogP contribution in [-0.4, -0.2) is 0 Å². The Hall–Kier alpha value is -3.64. The number of allylic oxidation sites excluding steroid dienone is 1. The van der Waals surface area contributed by atoms with Gasteiger partial charge < -0.3 is 0 Å². The molecule has 0 spiro atoms. The Labute approximate surface area is 197 Å². The summed E-state index contributed by atoms with van der Waals surface area (Å²) in [5, 5.41) is 19.2. The number of hydrogen-bond donors (Lipinski definition) is 0. The van der Waals surface area contributed by atoms with Gasteiger partial charge in [-0.05, 0) is 149 Å². The van der Waals surface area contributed by atoms with E-state index in [1.807, 2.05) is 0 Å². The maximum Gasteiger partial charge on any atom is 0.00689 e. The van der Waals surface area contributed by atoms with Crippen LogP contribution in [0.2, 0.25) is 0 Å². The summed E-state index contributed by atoms with van der Waals surface area (Å²) in [5.74, 6) is 0.483. The predicted molar refractivity (Wildman–Crippen MR) is 149 cm³/mol. The van der Waals surface area contributed by atoms with Gasteiger partial charge in [-0.15, -0.1) is 0 Å². The van der Waals surface area contributed by atoms with Gasteiger partial charge in [-0.1, -0.05) is 42.5 Å². The fourth-order valence-corrected chi connectivity index (χ4v) is 7.92. The summed E-state index contributed by atoms with van der Waals surface area (Å²) in [4.78, 5) is 0. The SMILES string of the molecule is Cc1cc2c3c4c5c(cc6c(C)cc(C)c7c8c(C)ccc9cc1c3c(c98)c5c67)=CCC4C=C2. The predicted octanol–water partition coefficient (Wildman–Crippen LogP) is 8.73. The van der Waals surface area contributed by atoms with E-state index >= 15 is 0 Å². The molecule has 0 saturated heterocycles. The zero-order valence-corrected chi connectivity index (χ0v) is 20.0. The molecule has 2 aliphatic rings. The lowest BCUT2D eigenvalue weighted by Crippen LogP contribution is -2.17. The third-order valence-electron chi connectivity index (χ3n) is 9.22. The number of rotatable bonds is 0. The fraction of sp³-hybridized carbons (Fsp3) is 0.176. The number of hydrogen-bond acceptors (Lipinski definition) is 0. The maximum atomic E-state index is 2.51. The van der Waals surface area contributed by atoms with Crippen molar-refractivity contribution in [3.05, 3.63) is 81.1 Å². The topological polar surface area (TPSA) is 0 Å². The quantitative estimate of drug-likeness (QED) is 0.166. The summed E-state index contributed by atoms with van der Waals surface area (Å²) in [5.41, 5.74) is 8.58. The molecule has 0 heteroatoms. The van der Waals surface area contributed by atoms with Gasteiger partial charge in [0.2, 0.25) is 0 Å². The number of aryl methyl sites for hydroxylation is 4. The molecule has 0 saturated carbocycles. The van der Waals surface area contributed by atoms with Gasteiger partial charge in [-0.25, -0.2) is 0 Å². The van der Waals surface area contributed by atoms with Crippen molar-refractivity contribution < 1.29 is 0 Å². The average Bonchev–Trinajstić information content (AvgIpc) is 2.83. The Morgan fingerprint density at radius 3 is 2.21 bits per heavy atom. The van der Waals surface area contributed by atoms with Crippen LogP contribution in [0.15, 0.2) is 42.5 Å². The third-order valence-corrected chi connectivity index (χ3v) is 9.22. The summed E-state index contributed by atoms with van der Waals surface area (Å²) >= 11 is 0. The molecule has 34 heavy (non-hydrogen) atoms. The van der Waals surface area contributed by atoms with Gasteiger partial charge >= 0.3 is 0 Å². The standard InChI is InChI=1S/C34H24/c1-15-5-6-21-13-24-17(3)12-20-9-7-19-8-10-22-14-23-16(2)11-18(4)26-25(15)28(21)33-32(24)29(20)27(19)30(22)34(33)31(23)26/h5-7,9-14,19H,8H2,1-4H3. The summed E-state index contributed by atoms with van der Waals surface area (Å²) in [7, 11) is 0. The number of benzene rings is 7. The first-order valence-electron chi connectivity index (χ1n) is 12.6. The second-order valence-corrected chi connectivity index (χ2v) is 11.0. The minimum absolute atomic E-state index is 0.483. The molecule has 0 amide bonds. The Balaban J connectivity index is 1.85. The molecule has 9 rings (SSSR count). The first-order chi connectivity index (χ1) is 16.5. The van der Waals surface area contributed by atoms with E-state index in [0.29, 0.717) is 5.92 Å². The zero-order valence-electron chi connectivity index (χ0n) is 20.0. The van der Waals surface area contributed by atoms with Crippen LogP contribution >= 0.6 is 0 Å². The van der Waals surface area contributed by atoms with Crippen molar-refractivity contribution >= 4 is 76.8 Å². The normalized spacial score (nSPS) is 17.1. The largest absolute Gasteiger partial charge is 0.0760 e. The van der Waals surface area contributed by atoms with Crippen molar-refractivity contribution in [2.24, 2.45) is 0 Å². The average molecular weight is 433 g/mol. The second-order valence-electron chi connectivity index (χ2n) is 11.0. The molecule has 0 aliphatic heterocycles. The molecule has 1 atom stereocenters. The highest BCUT2D eigenvalue weighted by Crippen LogP contribution is 2.54. The van der Waals surface area contributed by atoms with E-state index in [1.165, 1.54) is 97.7 Å². The van der Waals surface area contributed by atoms with Crippen molar-refractivity contribution in [3.63, 3.8) is 0 Å². The fourth-order valence-electron chi connectivity index (χ4n) is 7.92. The molecule has 0 N–H and O–H groups in total. The lowest BCUT2D eigenvalue weighted by Gasteiger charge is -2.31. The molecular weight excluding hydrogens is 408 g/mol. The maximum absolute atomic E-state index is 2.51. The highest BCUT2D eigenvalue weighted by Gasteiger charge is 2.30. The Kier molecular flexibility index (Phi) is 2.81. The van der Waals surface area contributed by atoms with Crippen molar-refractivity contribution in [3.8, 4) is 0 Å². The summed E-state index contributed by atoms with van der Waals surface area (Å²) in [6.07, 6.45) is 8.48. The van der Waals surface area contributed by atoms with E-state index in [0.717, 1.165) is 6.42 Å². The van der Waals surface area contributed by atoms with E-state index in [1.54, 1.807) is 5.56 Å². The molecule has 0 bridgehead atoms. The van der Waals surface area contributed by atoms with Crippen LogP contribution in [0.1, 0.15) is 45.7 Å². The van der Waals surface area contributed by atoms with E-state index in [2.05, 4.69) is 82.3 Å². The van der Waals surface area contributed by atoms with Crippen LogP contribution in [0.4, 0.5) is 0 Å². The van der Waals surface area contributed by atoms with Gasteiger partial charge in [-0.2, -0.15) is 0 Å². The molecule has 1 unspecified atom stereocenters. The van der Waals surface area contributed by atoms with E-state index in [4.69, 9.17) is 0 Å². The molecule has 0 nitrogen and oxygen atoms in total.